The zero-order valence-corrected chi connectivity index (χ0v) is 18.4. The largest absolute Gasteiger partial charge is 0.474 e. The van der Waals surface area contributed by atoms with Crippen LogP contribution >= 0.6 is 0 Å². The van der Waals surface area contributed by atoms with Crippen LogP contribution in [0.4, 0.5) is 13.2 Å². The zero-order chi connectivity index (χ0) is 23.8. The molecule has 1 aromatic carbocycles. The lowest BCUT2D eigenvalue weighted by Gasteiger charge is -2.28. The van der Waals surface area contributed by atoms with E-state index < -0.39 is 17.5 Å². The number of carbonyl (C=O) groups excluding carboxylic acids is 1. The number of carbonyl (C=O) groups is 1. The van der Waals surface area contributed by atoms with Gasteiger partial charge in [-0.05, 0) is 63.3 Å². The van der Waals surface area contributed by atoms with E-state index in [4.69, 9.17) is 9.15 Å². The molecule has 0 aliphatic heterocycles. The van der Waals surface area contributed by atoms with Crippen LogP contribution in [0, 0.1) is 5.92 Å². The van der Waals surface area contributed by atoms with Gasteiger partial charge in [-0.3, -0.25) is 9.36 Å². The van der Waals surface area contributed by atoms with E-state index >= 15 is 0 Å². The lowest BCUT2D eigenvalue weighted by Crippen LogP contribution is -2.29. The summed E-state index contributed by atoms with van der Waals surface area (Å²) < 4.78 is 51.1. The highest BCUT2D eigenvalue weighted by atomic mass is 19.4. The fraction of sp³-hybridized carbons (Fsp3) is 0.458. The van der Waals surface area contributed by atoms with E-state index in [0.717, 1.165) is 23.9 Å². The van der Waals surface area contributed by atoms with Gasteiger partial charge in [0, 0.05) is 30.6 Å². The third-order valence-corrected chi connectivity index (χ3v) is 6.05. The number of hydrogen-bond donors (Lipinski definition) is 0. The first-order valence-corrected chi connectivity index (χ1v) is 11.0. The third kappa shape index (κ3) is 5.12. The smallest absolute Gasteiger partial charge is 0.420 e. The Morgan fingerprint density at radius 3 is 2.58 bits per heavy atom. The predicted molar refractivity (Wildman–Crippen MR) is 115 cm³/mol. The van der Waals surface area contributed by atoms with Gasteiger partial charge in [-0.15, -0.1) is 0 Å². The van der Waals surface area contributed by atoms with Gasteiger partial charge in [0.15, 0.2) is 5.58 Å². The lowest BCUT2D eigenvalue weighted by molar-refractivity contribution is -0.137. The van der Waals surface area contributed by atoms with Crippen molar-refractivity contribution in [2.75, 3.05) is 0 Å². The molecule has 1 saturated carbocycles. The van der Waals surface area contributed by atoms with E-state index in [0.29, 0.717) is 36.8 Å². The third-order valence-electron chi connectivity index (χ3n) is 6.05. The number of ether oxygens (including phenoxy) is 1. The molecule has 176 valence electrons. The van der Waals surface area contributed by atoms with Gasteiger partial charge < -0.3 is 9.15 Å². The number of alkyl halides is 3. The van der Waals surface area contributed by atoms with Crippen LogP contribution in [0.2, 0.25) is 0 Å². The Labute approximate surface area is 188 Å². The van der Waals surface area contributed by atoms with Crippen molar-refractivity contribution in [2.45, 2.75) is 64.3 Å². The number of fused-ring (bicyclic) bond motifs is 1. The number of halogens is 3. The summed E-state index contributed by atoms with van der Waals surface area (Å²) in [5.74, 6) is -0.516. The van der Waals surface area contributed by atoms with Crippen LogP contribution < -0.4 is 10.5 Å². The average molecular weight is 462 g/mol. The molecule has 0 unspecified atom stereocenters. The van der Waals surface area contributed by atoms with Crippen LogP contribution in [-0.4, -0.2) is 21.4 Å². The quantitative estimate of drug-likeness (QED) is 0.495. The molecule has 1 fully saturated rings. The van der Waals surface area contributed by atoms with Crippen molar-refractivity contribution in [3.05, 3.63) is 58.2 Å². The maximum absolute atomic E-state index is 12.9. The molecule has 2 aromatic heterocycles. The Morgan fingerprint density at radius 2 is 1.91 bits per heavy atom. The number of ketones is 1. The fourth-order valence-electron chi connectivity index (χ4n) is 4.35. The number of hydrogen-bond acceptors (Lipinski definition) is 5. The van der Waals surface area contributed by atoms with Crippen LogP contribution in [0.5, 0.6) is 5.88 Å². The van der Waals surface area contributed by atoms with Crippen molar-refractivity contribution in [1.82, 2.24) is 9.55 Å². The first-order chi connectivity index (χ1) is 15.6. The first kappa shape index (κ1) is 23.1. The predicted octanol–water partition coefficient (Wildman–Crippen LogP) is 5.34. The Hall–Kier alpha value is -3.10. The summed E-state index contributed by atoms with van der Waals surface area (Å²) in [7, 11) is 0. The maximum atomic E-state index is 12.9. The van der Waals surface area contributed by atoms with Gasteiger partial charge in [0.25, 0.3) is 0 Å². The molecule has 3 aromatic rings. The van der Waals surface area contributed by atoms with Crippen molar-refractivity contribution in [3.63, 3.8) is 0 Å². The molecule has 0 bridgehead atoms. The van der Waals surface area contributed by atoms with Gasteiger partial charge in [0.1, 0.15) is 11.9 Å². The number of benzene rings is 1. The second kappa shape index (κ2) is 9.03. The van der Waals surface area contributed by atoms with E-state index in [1.54, 1.807) is 16.7 Å². The molecule has 6 nitrogen and oxygen atoms in total. The molecule has 4 rings (SSSR count). The molecule has 33 heavy (non-hydrogen) atoms. The van der Waals surface area contributed by atoms with Crippen molar-refractivity contribution in [2.24, 2.45) is 5.92 Å². The van der Waals surface area contributed by atoms with E-state index in [-0.39, 0.29) is 36.1 Å². The summed E-state index contributed by atoms with van der Waals surface area (Å²) in [6.45, 7) is 3.80. The summed E-state index contributed by atoms with van der Waals surface area (Å²) in [4.78, 5) is 28.8. The van der Waals surface area contributed by atoms with Crippen molar-refractivity contribution in [3.8, 4) is 5.88 Å². The molecule has 1 aliphatic carbocycles. The maximum Gasteiger partial charge on any atom is 0.420 e. The molecule has 2 heterocycles. The van der Waals surface area contributed by atoms with E-state index in [2.05, 4.69) is 4.98 Å². The van der Waals surface area contributed by atoms with Crippen LogP contribution in [0.1, 0.15) is 56.7 Å². The van der Waals surface area contributed by atoms with Crippen molar-refractivity contribution in [1.29, 1.82) is 0 Å². The van der Waals surface area contributed by atoms with Gasteiger partial charge in [-0.25, -0.2) is 9.78 Å². The molecule has 0 spiro atoms. The molecule has 1 aliphatic rings. The molecule has 0 atom stereocenters. The summed E-state index contributed by atoms with van der Waals surface area (Å²) in [6.07, 6.45) is -1.06. The van der Waals surface area contributed by atoms with Crippen LogP contribution in [-0.2, 0) is 17.4 Å². The molecule has 0 N–H and O–H groups in total. The van der Waals surface area contributed by atoms with E-state index in [1.165, 1.54) is 0 Å². The number of rotatable bonds is 6. The van der Waals surface area contributed by atoms with Gasteiger partial charge in [-0.1, -0.05) is 6.07 Å². The van der Waals surface area contributed by atoms with Gasteiger partial charge >= 0.3 is 11.9 Å². The Kier molecular flexibility index (Phi) is 6.32. The molecule has 9 heteroatoms. The van der Waals surface area contributed by atoms with Crippen LogP contribution in [0.15, 0.2) is 45.7 Å². The number of oxazole rings is 1. The Bertz CT molecular complexity index is 1200. The second-order valence-electron chi connectivity index (χ2n) is 8.75. The zero-order valence-electron chi connectivity index (χ0n) is 18.4. The topological polar surface area (TPSA) is 74.3 Å². The highest BCUT2D eigenvalue weighted by Crippen LogP contribution is 2.33. The van der Waals surface area contributed by atoms with Gasteiger partial charge in [0.05, 0.1) is 11.1 Å². The average Bonchev–Trinajstić information content (AvgIpc) is 3.09. The highest BCUT2D eigenvalue weighted by molar-refractivity contribution is 5.84. The molecule has 0 saturated heterocycles. The minimum Gasteiger partial charge on any atom is -0.474 e. The number of nitrogens with zero attached hydrogens (tertiary/aromatic N) is 2. The van der Waals surface area contributed by atoms with Gasteiger partial charge in [-0.2, -0.15) is 13.2 Å². The summed E-state index contributed by atoms with van der Waals surface area (Å²) >= 11 is 0. The standard InChI is InChI=1S/C24H25F3N2O4/c1-14(2)29-19-8-3-15(12-21(19)33-23(29)31)11-20(30)16-4-6-18(7-5-16)32-22-13-17(9-10-28-22)24(25,26)27/h3,8-10,12-14,16,18H,4-7,11H2,1-2H3. The SMILES string of the molecule is CC(C)n1c(=O)oc2cc(CC(=O)C3CCC(Oc4cc(C(F)(F)F)ccn4)CC3)ccc21. The van der Waals surface area contributed by atoms with E-state index in [1.807, 2.05) is 19.9 Å². The summed E-state index contributed by atoms with van der Waals surface area (Å²) in [5, 5.41) is 0. The molecular weight excluding hydrogens is 437 g/mol. The Morgan fingerprint density at radius 1 is 1.18 bits per heavy atom. The number of aromatic nitrogens is 2. The number of pyridine rings is 1. The lowest BCUT2D eigenvalue weighted by atomic mass is 9.83. The minimum atomic E-state index is -4.45. The second-order valence-corrected chi connectivity index (χ2v) is 8.75. The van der Waals surface area contributed by atoms with Crippen LogP contribution in [0.3, 0.4) is 0 Å². The fourth-order valence-corrected chi connectivity index (χ4v) is 4.35. The molecular formula is C24H25F3N2O4. The van der Waals surface area contributed by atoms with Crippen molar-refractivity contribution >= 4 is 16.9 Å². The summed E-state index contributed by atoms with van der Waals surface area (Å²) in [6, 6.07) is 7.15. The normalized spacial score (nSPS) is 19.2. The van der Waals surface area contributed by atoms with Gasteiger partial charge in [0.2, 0.25) is 5.88 Å². The number of Topliss-reactive ketones (excluding diaryl/α,β-unsaturated/α-hetero) is 1. The van der Waals surface area contributed by atoms with Crippen molar-refractivity contribution < 1.29 is 27.1 Å². The molecule has 0 radical (unpaired) electrons. The molecule has 0 amide bonds. The Balaban J connectivity index is 1.35. The first-order valence-electron chi connectivity index (χ1n) is 11.0. The highest BCUT2D eigenvalue weighted by Gasteiger charge is 2.32. The monoisotopic (exact) mass is 462 g/mol. The van der Waals surface area contributed by atoms with E-state index in [9.17, 15) is 22.8 Å². The summed E-state index contributed by atoms with van der Waals surface area (Å²) in [5.41, 5.74) is 1.15. The van der Waals surface area contributed by atoms with Crippen LogP contribution in [0.25, 0.3) is 11.1 Å². The minimum absolute atomic E-state index is 0.0326.